The molecule has 2 rings (SSSR count). The molecule has 2 aromatic carbocycles. The van der Waals surface area contributed by atoms with E-state index in [-0.39, 0.29) is 11.8 Å². The van der Waals surface area contributed by atoms with Crippen molar-refractivity contribution < 1.29 is 13.2 Å². The second kappa shape index (κ2) is 10.7. The van der Waals surface area contributed by atoms with Crippen LogP contribution in [0.5, 0.6) is 5.75 Å². The van der Waals surface area contributed by atoms with E-state index in [0.29, 0.717) is 25.5 Å². The number of benzene rings is 2. The Bertz CT molecular complexity index is 867. The Hall–Kier alpha value is -2.54. The van der Waals surface area contributed by atoms with E-state index in [9.17, 15) is 8.42 Å². The van der Waals surface area contributed by atoms with Gasteiger partial charge in [0.05, 0.1) is 5.75 Å². The van der Waals surface area contributed by atoms with E-state index in [0.717, 1.165) is 16.9 Å². The molecule has 0 radical (unpaired) electrons. The summed E-state index contributed by atoms with van der Waals surface area (Å²) in [6, 6.07) is 17.8. The largest absolute Gasteiger partial charge is 0.489 e. The summed E-state index contributed by atoms with van der Waals surface area (Å²) in [4.78, 5) is 4.22. The lowest BCUT2D eigenvalue weighted by Gasteiger charge is -2.18. The summed E-state index contributed by atoms with van der Waals surface area (Å²) in [5.41, 5.74) is 2.21. The zero-order valence-corrected chi connectivity index (χ0v) is 17.5. The second-order valence-electron chi connectivity index (χ2n) is 6.76. The number of ether oxygens (including phenoxy) is 1. The Morgan fingerprint density at radius 3 is 2.36 bits per heavy atom. The summed E-state index contributed by atoms with van der Waals surface area (Å²) in [5, 5.41) is 6.52. The predicted molar refractivity (Wildman–Crippen MR) is 114 cm³/mol. The highest BCUT2D eigenvalue weighted by Crippen LogP contribution is 2.14. The highest BCUT2D eigenvalue weighted by Gasteiger charge is 2.10. The van der Waals surface area contributed by atoms with Crippen molar-refractivity contribution in [2.24, 2.45) is 4.99 Å². The Morgan fingerprint density at radius 2 is 1.71 bits per heavy atom. The lowest BCUT2D eigenvalue weighted by molar-refractivity contribution is 0.305. The minimum Gasteiger partial charge on any atom is -0.489 e. The minimum absolute atomic E-state index is 0.00224. The fourth-order valence-corrected chi connectivity index (χ4v) is 3.40. The zero-order valence-electron chi connectivity index (χ0n) is 16.7. The first-order valence-corrected chi connectivity index (χ1v) is 11.3. The van der Waals surface area contributed by atoms with Crippen LogP contribution in [-0.2, 0) is 23.0 Å². The van der Waals surface area contributed by atoms with Crippen molar-refractivity contribution in [2.75, 3.05) is 19.1 Å². The van der Waals surface area contributed by atoms with Gasteiger partial charge in [0, 0.05) is 25.9 Å². The third kappa shape index (κ3) is 8.00. The maximum Gasteiger partial charge on any atom is 0.191 e. The van der Waals surface area contributed by atoms with Crippen molar-refractivity contribution in [3.8, 4) is 5.75 Å². The molecular formula is C21H29N3O3S. The maximum atomic E-state index is 11.3. The molecule has 6 nitrogen and oxygen atoms in total. The first-order valence-electron chi connectivity index (χ1n) is 9.27. The Balaban J connectivity index is 1.90. The number of hydrogen-bond donors (Lipinski definition) is 2. The zero-order chi connectivity index (χ0) is 20.4. The summed E-state index contributed by atoms with van der Waals surface area (Å²) < 4.78 is 28.5. The molecule has 0 saturated heterocycles. The Labute approximate surface area is 168 Å². The summed E-state index contributed by atoms with van der Waals surface area (Å²) in [7, 11) is -1.27. The van der Waals surface area contributed by atoms with Crippen LogP contribution in [0.2, 0.25) is 0 Å². The lowest BCUT2D eigenvalue weighted by atomic mass is 10.1. The number of guanidine groups is 1. The molecule has 1 unspecified atom stereocenters. The molecule has 152 valence electrons. The van der Waals surface area contributed by atoms with Crippen LogP contribution in [0.3, 0.4) is 0 Å². The average molecular weight is 404 g/mol. The quantitative estimate of drug-likeness (QED) is 0.497. The van der Waals surface area contributed by atoms with Gasteiger partial charge in [-0.25, -0.2) is 8.42 Å². The van der Waals surface area contributed by atoms with Crippen molar-refractivity contribution in [1.82, 2.24) is 10.6 Å². The molecule has 0 spiro atoms. The van der Waals surface area contributed by atoms with Crippen LogP contribution in [0.15, 0.2) is 59.6 Å². The normalized spacial score (nSPS) is 13.0. The molecule has 7 heteroatoms. The van der Waals surface area contributed by atoms with Crippen LogP contribution in [0, 0.1) is 0 Å². The van der Waals surface area contributed by atoms with E-state index in [2.05, 4.69) is 21.7 Å². The first-order chi connectivity index (χ1) is 13.4. The molecule has 0 aromatic heterocycles. The summed E-state index contributed by atoms with van der Waals surface area (Å²) >= 11 is 0. The van der Waals surface area contributed by atoms with Crippen LogP contribution >= 0.6 is 0 Å². The van der Waals surface area contributed by atoms with Crippen LogP contribution in [0.1, 0.15) is 24.5 Å². The van der Waals surface area contributed by atoms with E-state index >= 15 is 0 Å². The molecule has 2 N–H and O–H groups in total. The van der Waals surface area contributed by atoms with Crippen molar-refractivity contribution in [3.05, 3.63) is 65.7 Å². The first kappa shape index (κ1) is 21.8. The number of aliphatic imine (C=N–C) groups is 1. The summed E-state index contributed by atoms with van der Waals surface area (Å²) in [6.07, 6.45) is 1.78. The van der Waals surface area contributed by atoms with Crippen LogP contribution < -0.4 is 15.4 Å². The van der Waals surface area contributed by atoms with Gasteiger partial charge < -0.3 is 15.4 Å². The minimum atomic E-state index is -2.97. The number of rotatable bonds is 9. The van der Waals surface area contributed by atoms with Gasteiger partial charge in [-0.2, -0.15) is 0 Å². The van der Waals surface area contributed by atoms with Gasteiger partial charge in [0.15, 0.2) is 5.96 Å². The molecule has 0 amide bonds. The van der Waals surface area contributed by atoms with E-state index in [1.165, 1.54) is 6.26 Å². The van der Waals surface area contributed by atoms with Crippen LogP contribution in [-0.4, -0.2) is 39.5 Å². The monoisotopic (exact) mass is 403 g/mol. The molecule has 0 aliphatic heterocycles. The van der Waals surface area contributed by atoms with E-state index < -0.39 is 9.84 Å². The topological polar surface area (TPSA) is 79.8 Å². The number of nitrogens with zero attached hydrogens (tertiary/aromatic N) is 1. The summed E-state index contributed by atoms with van der Waals surface area (Å²) in [5.74, 6) is 1.62. The van der Waals surface area contributed by atoms with Gasteiger partial charge in [0.25, 0.3) is 0 Å². The smallest absolute Gasteiger partial charge is 0.191 e. The van der Waals surface area contributed by atoms with Gasteiger partial charge >= 0.3 is 0 Å². The fourth-order valence-electron chi connectivity index (χ4n) is 2.62. The summed E-state index contributed by atoms with van der Waals surface area (Å²) in [6.45, 7) is 3.02. The van der Waals surface area contributed by atoms with Gasteiger partial charge in [-0.15, -0.1) is 0 Å². The predicted octanol–water partition coefficient (Wildman–Crippen LogP) is 2.75. The number of sulfone groups is 1. The van der Waals surface area contributed by atoms with Gasteiger partial charge in [-0.3, -0.25) is 4.99 Å². The number of nitrogens with one attached hydrogen (secondary N) is 2. The number of hydrogen-bond acceptors (Lipinski definition) is 4. The molecule has 28 heavy (non-hydrogen) atoms. The number of para-hydroxylation sites is 1. The Morgan fingerprint density at radius 1 is 1.07 bits per heavy atom. The molecule has 0 fully saturated rings. The van der Waals surface area contributed by atoms with Gasteiger partial charge in [-0.05, 0) is 36.6 Å². The second-order valence-corrected chi connectivity index (χ2v) is 9.02. The molecule has 0 saturated carbocycles. The van der Waals surface area contributed by atoms with E-state index in [4.69, 9.17) is 4.74 Å². The van der Waals surface area contributed by atoms with Crippen molar-refractivity contribution in [1.29, 1.82) is 0 Å². The Kier molecular flexibility index (Phi) is 8.32. The van der Waals surface area contributed by atoms with Gasteiger partial charge in [0.1, 0.15) is 22.2 Å². The van der Waals surface area contributed by atoms with Crippen LogP contribution in [0.25, 0.3) is 0 Å². The van der Waals surface area contributed by atoms with E-state index in [1.54, 1.807) is 7.05 Å². The third-order valence-electron chi connectivity index (χ3n) is 4.23. The lowest BCUT2D eigenvalue weighted by Crippen LogP contribution is -2.42. The highest BCUT2D eigenvalue weighted by molar-refractivity contribution is 7.90. The highest BCUT2D eigenvalue weighted by atomic mass is 32.2. The van der Waals surface area contributed by atoms with Crippen LogP contribution in [0.4, 0.5) is 0 Å². The van der Waals surface area contributed by atoms with Gasteiger partial charge in [-0.1, -0.05) is 42.5 Å². The third-order valence-corrected chi connectivity index (χ3v) is 5.21. The van der Waals surface area contributed by atoms with E-state index in [1.807, 2.05) is 55.5 Å². The van der Waals surface area contributed by atoms with Gasteiger partial charge in [0.2, 0.25) is 0 Å². The molecule has 0 bridgehead atoms. The fraction of sp³-hybridized carbons (Fsp3) is 0.381. The molecule has 0 aliphatic rings. The molecule has 2 aromatic rings. The van der Waals surface area contributed by atoms with Crippen molar-refractivity contribution in [3.63, 3.8) is 0 Å². The molecule has 0 aliphatic carbocycles. The molecular weight excluding hydrogens is 374 g/mol. The standard InChI is InChI=1S/C21H29N3O3S/c1-17(13-14-28(3,25)26)24-21(22-2)23-15-18-9-7-8-10-19(18)16-27-20-11-5-4-6-12-20/h4-12,17H,13-16H2,1-3H3,(H2,22,23,24). The van der Waals surface area contributed by atoms with Crippen molar-refractivity contribution >= 4 is 15.8 Å². The maximum absolute atomic E-state index is 11.3. The molecule has 1 atom stereocenters. The average Bonchev–Trinajstić information content (AvgIpc) is 2.69. The van der Waals surface area contributed by atoms with Crippen molar-refractivity contribution in [2.45, 2.75) is 32.5 Å². The SMILES string of the molecule is CN=C(NCc1ccccc1COc1ccccc1)NC(C)CCS(C)(=O)=O. The molecule has 0 heterocycles.